The van der Waals surface area contributed by atoms with Crippen molar-refractivity contribution in [1.82, 2.24) is 4.98 Å². The Morgan fingerprint density at radius 3 is 2.62 bits per heavy atom. The van der Waals surface area contributed by atoms with Gasteiger partial charge in [0, 0.05) is 0 Å². The summed E-state index contributed by atoms with van der Waals surface area (Å²) in [7, 11) is 0. The van der Waals surface area contributed by atoms with Crippen molar-refractivity contribution in [1.29, 1.82) is 0 Å². The number of nitrogens with zero attached hydrogens (tertiary/aromatic N) is 1. The molecule has 0 aliphatic rings. The van der Waals surface area contributed by atoms with Gasteiger partial charge in [-0.25, -0.2) is 4.98 Å². The van der Waals surface area contributed by atoms with E-state index in [2.05, 4.69) is 4.98 Å². The molecule has 0 radical (unpaired) electrons. The molecule has 0 spiro atoms. The third-order valence-corrected chi connectivity index (χ3v) is 2.52. The molecule has 74 valence electrons. The highest BCUT2D eigenvalue weighted by atomic mass is 16.3. The maximum Gasteiger partial charge on any atom is 0.213 e. The lowest BCUT2D eigenvalue weighted by molar-refractivity contribution is -0.00204. The van der Waals surface area contributed by atoms with Crippen LogP contribution in [0.4, 0.5) is 0 Å². The van der Waals surface area contributed by atoms with E-state index >= 15 is 0 Å². The fourth-order valence-electron chi connectivity index (χ4n) is 1.31. The molecular weight excluding hydrogens is 168 g/mol. The first-order valence-corrected chi connectivity index (χ1v) is 4.51. The van der Waals surface area contributed by atoms with E-state index in [1.165, 1.54) is 12.5 Å². The zero-order chi connectivity index (χ0) is 9.90. The van der Waals surface area contributed by atoms with Crippen molar-refractivity contribution in [2.24, 2.45) is 5.73 Å². The van der Waals surface area contributed by atoms with E-state index in [-0.39, 0.29) is 0 Å². The Labute approximate surface area is 77.8 Å². The monoisotopic (exact) mass is 184 g/mol. The second kappa shape index (κ2) is 3.89. The van der Waals surface area contributed by atoms with Crippen LogP contribution >= 0.6 is 0 Å². The number of hydrogen-bond acceptors (Lipinski definition) is 4. The largest absolute Gasteiger partial charge is 0.447 e. The van der Waals surface area contributed by atoms with Gasteiger partial charge in [0.2, 0.25) is 5.89 Å². The van der Waals surface area contributed by atoms with Crippen LogP contribution in [-0.4, -0.2) is 15.7 Å². The molecule has 1 rings (SSSR count). The molecule has 4 nitrogen and oxygen atoms in total. The third kappa shape index (κ3) is 1.89. The minimum absolute atomic E-state index is 0.395. The predicted molar refractivity (Wildman–Crippen MR) is 49.0 cm³/mol. The van der Waals surface area contributed by atoms with Gasteiger partial charge < -0.3 is 15.3 Å². The summed E-state index contributed by atoms with van der Waals surface area (Å²) in [6, 6.07) is -0.544. The highest BCUT2D eigenvalue weighted by Gasteiger charge is 2.34. The SMILES string of the molecule is CCC(O)(CC)C(N)c1ncco1. The van der Waals surface area contributed by atoms with Crippen molar-refractivity contribution < 1.29 is 9.52 Å². The van der Waals surface area contributed by atoms with Crippen molar-refractivity contribution in [2.75, 3.05) is 0 Å². The average Bonchev–Trinajstić information content (AvgIpc) is 2.68. The van der Waals surface area contributed by atoms with E-state index in [9.17, 15) is 5.11 Å². The van der Waals surface area contributed by atoms with Crippen LogP contribution in [0.3, 0.4) is 0 Å². The van der Waals surface area contributed by atoms with Gasteiger partial charge in [0.1, 0.15) is 12.3 Å². The van der Waals surface area contributed by atoms with Gasteiger partial charge in [-0.2, -0.15) is 0 Å². The Bertz CT molecular complexity index is 242. The molecule has 13 heavy (non-hydrogen) atoms. The van der Waals surface area contributed by atoms with Crippen LogP contribution in [0.15, 0.2) is 16.9 Å². The van der Waals surface area contributed by atoms with Crippen LogP contribution in [-0.2, 0) is 0 Å². The fourth-order valence-corrected chi connectivity index (χ4v) is 1.31. The van der Waals surface area contributed by atoms with Gasteiger partial charge in [0.25, 0.3) is 0 Å². The number of rotatable bonds is 4. The Kier molecular flexibility index (Phi) is 3.06. The van der Waals surface area contributed by atoms with Crippen LogP contribution in [0.2, 0.25) is 0 Å². The molecule has 0 bridgehead atoms. The van der Waals surface area contributed by atoms with Gasteiger partial charge in [-0.3, -0.25) is 0 Å². The van der Waals surface area contributed by atoms with E-state index in [0.717, 1.165) is 0 Å². The summed E-state index contributed by atoms with van der Waals surface area (Å²) in [5.41, 5.74) is 4.92. The number of aromatic nitrogens is 1. The van der Waals surface area contributed by atoms with Gasteiger partial charge in [-0.05, 0) is 12.8 Å². The highest BCUT2D eigenvalue weighted by molar-refractivity contribution is 4.99. The van der Waals surface area contributed by atoms with Gasteiger partial charge in [0.15, 0.2) is 0 Å². The lowest BCUT2D eigenvalue weighted by Gasteiger charge is -2.29. The normalized spacial score (nSPS) is 14.5. The summed E-state index contributed by atoms with van der Waals surface area (Å²) >= 11 is 0. The first-order valence-electron chi connectivity index (χ1n) is 4.51. The minimum Gasteiger partial charge on any atom is -0.447 e. The number of oxazole rings is 1. The first kappa shape index (κ1) is 10.2. The molecule has 0 saturated carbocycles. The maximum absolute atomic E-state index is 10.0. The molecule has 1 aromatic heterocycles. The molecule has 0 aliphatic heterocycles. The number of aliphatic hydroxyl groups is 1. The summed E-state index contributed by atoms with van der Waals surface area (Å²) < 4.78 is 5.05. The molecule has 1 heterocycles. The van der Waals surface area contributed by atoms with E-state index in [1.807, 2.05) is 13.8 Å². The molecule has 3 N–H and O–H groups in total. The summed E-state index contributed by atoms with van der Waals surface area (Å²) in [5.74, 6) is 0.395. The second-order valence-electron chi connectivity index (χ2n) is 3.16. The Morgan fingerprint density at radius 2 is 2.23 bits per heavy atom. The average molecular weight is 184 g/mol. The Balaban J connectivity index is 2.82. The van der Waals surface area contributed by atoms with E-state index in [1.54, 1.807) is 0 Å². The first-order chi connectivity index (χ1) is 6.14. The van der Waals surface area contributed by atoms with Crippen molar-refractivity contribution in [2.45, 2.75) is 38.3 Å². The minimum atomic E-state index is -0.912. The zero-order valence-electron chi connectivity index (χ0n) is 8.03. The quantitative estimate of drug-likeness (QED) is 0.738. The lowest BCUT2D eigenvalue weighted by atomic mass is 9.89. The van der Waals surface area contributed by atoms with E-state index in [0.29, 0.717) is 18.7 Å². The van der Waals surface area contributed by atoms with Crippen LogP contribution in [0.1, 0.15) is 38.6 Å². The fraction of sp³-hybridized carbons (Fsp3) is 0.667. The second-order valence-corrected chi connectivity index (χ2v) is 3.16. The maximum atomic E-state index is 10.0. The van der Waals surface area contributed by atoms with Crippen LogP contribution in [0.25, 0.3) is 0 Å². The predicted octanol–water partition coefficient (Wildman–Crippen LogP) is 1.23. The standard InChI is InChI=1S/C9H16N2O2/c1-3-9(12,4-2)7(10)8-11-5-6-13-8/h5-7,12H,3-4,10H2,1-2H3. The molecule has 4 heteroatoms. The third-order valence-electron chi connectivity index (χ3n) is 2.52. The van der Waals surface area contributed by atoms with Gasteiger partial charge in [-0.1, -0.05) is 13.8 Å². The van der Waals surface area contributed by atoms with Gasteiger partial charge >= 0.3 is 0 Å². The summed E-state index contributed by atoms with van der Waals surface area (Å²) in [5, 5.41) is 10.0. The molecule has 0 amide bonds. The molecule has 1 unspecified atom stereocenters. The van der Waals surface area contributed by atoms with Gasteiger partial charge in [-0.15, -0.1) is 0 Å². The zero-order valence-corrected chi connectivity index (χ0v) is 8.03. The summed E-state index contributed by atoms with van der Waals surface area (Å²) in [6.45, 7) is 3.79. The van der Waals surface area contributed by atoms with Crippen molar-refractivity contribution in [3.8, 4) is 0 Å². The van der Waals surface area contributed by atoms with Crippen LogP contribution < -0.4 is 5.73 Å². The smallest absolute Gasteiger partial charge is 0.213 e. The highest BCUT2D eigenvalue weighted by Crippen LogP contribution is 2.28. The molecule has 0 aromatic carbocycles. The molecule has 1 aromatic rings. The molecular formula is C9H16N2O2. The molecule has 0 saturated heterocycles. The summed E-state index contributed by atoms with van der Waals surface area (Å²) in [4.78, 5) is 3.93. The molecule has 0 aliphatic carbocycles. The van der Waals surface area contributed by atoms with Crippen molar-refractivity contribution in [3.63, 3.8) is 0 Å². The number of nitrogens with two attached hydrogens (primary N) is 1. The summed E-state index contributed by atoms with van der Waals surface area (Å²) in [6.07, 6.45) is 4.17. The van der Waals surface area contributed by atoms with Crippen molar-refractivity contribution >= 4 is 0 Å². The Morgan fingerprint density at radius 1 is 1.62 bits per heavy atom. The molecule has 0 fully saturated rings. The number of hydrogen-bond donors (Lipinski definition) is 2. The lowest BCUT2D eigenvalue weighted by Crippen LogP contribution is -2.40. The van der Waals surface area contributed by atoms with E-state index in [4.69, 9.17) is 10.2 Å². The Hall–Kier alpha value is -0.870. The van der Waals surface area contributed by atoms with Crippen LogP contribution in [0.5, 0.6) is 0 Å². The van der Waals surface area contributed by atoms with Gasteiger partial charge in [0.05, 0.1) is 11.8 Å². The van der Waals surface area contributed by atoms with E-state index < -0.39 is 11.6 Å². The van der Waals surface area contributed by atoms with Crippen LogP contribution in [0, 0.1) is 0 Å². The topological polar surface area (TPSA) is 72.3 Å². The van der Waals surface area contributed by atoms with Crippen molar-refractivity contribution in [3.05, 3.63) is 18.4 Å². The molecule has 1 atom stereocenters.